The van der Waals surface area contributed by atoms with Gasteiger partial charge in [0.05, 0.1) is 0 Å². The van der Waals surface area contributed by atoms with E-state index in [1.54, 1.807) is 0 Å². The zero-order chi connectivity index (χ0) is 13.9. The van der Waals surface area contributed by atoms with Crippen molar-refractivity contribution in [3.05, 3.63) is 0 Å². The van der Waals surface area contributed by atoms with Crippen LogP contribution in [0.4, 0.5) is 0 Å². The molecule has 0 N–H and O–H groups in total. The summed E-state index contributed by atoms with van der Waals surface area (Å²) in [5.74, 6) is 0.0916. The predicted molar refractivity (Wildman–Crippen MR) is 81.3 cm³/mol. The van der Waals surface area contributed by atoms with Gasteiger partial charge in [0.25, 0.3) is 0 Å². The summed E-state index contributed by atoms with van der Waals surface area (Å²) >= 11 is -2.61. The van der Waals surface area contributed by atoms with Gasteiger partial charge in [0.2, 0.25) is 0 Å². The summed E-state index contributed by atoms with van der Waals surface area (Å²) in [6.45, 7) is 8.75. The van der Waals surface area contributed by atoms with Gasteiger partial charge in [-0.05, 0) is 0 Å². The van der Waals surface area contributed by atoms with Gasteiger partial charge in [-0.1, -0.05) is 0 Å². The Hall–Kier alpha value is 0.269. The molecule has 0 aromatic heterocycles. The molecule has 0 heterocycles. The molecule has 0 aromatic carbocycles. The Morgan fingerprint density at radius 3 is 1.78 bits per heavy atom. The number of rotatable bonds is 11. The number of hydrogen-bond donors (Lipinski definition) is 0. The maximum atomic E-state index is 11.9. The molecule has 0 aliphatic rings. The van der Waals surface area contributed by atoms with E-state index in [2.05, 4.69) is 27.7 Å². The molecule has 3 heteroatoms. The molecule has 0 aliphatic carbocycles. The molecule has 0 spiro atoms. The summed E-state index contributed by atoms with van der Waals surface area (Å²) in [5.41, 5.74) is 0. The van der Waals surface area contributed by atoms with Gasteiger partial charge in [-0.25, -0.2) is 0 Å². The normalized spacial score (nSPS) is 11.6. The topological polar surface area (TPSA) is 26.3 Å². The van der Waals surface area contributed by atoms with Crippen molar-refractivity contribution >= 4 is 24.8 Å². The summed E-state index contributed by atoms with van der Waals surface area (Å²) in [5, 5.41) is 0. The SMILES string of the molecule is CCC[CH2][Sn]([CH2]CC)([CH2]CCC)[O]C(=O)CCC. The Morgan fingerprint density at radius 2 is 1.39 bits per heavy atom. The van der Waals surface area contributed by atoms with Crippen LogP contribution in [-0.4, -0.2) is 24.8 Å². The predicted octanol–water partition coefficient (Wildman–Crippen LogP) is 5.29. The third kappa shape index (κ3) is 7.65. The summed E-state index contributed by atoms with van der Waals surface area (Å²) in [6.07, 6.45) is 7.65. The third-order valence-electron chi connectivity index (χ3n) is 3.46. The zero-order valence-corrected chi connectivity index (χ0v) is 15.7. The van der Waals surface area contributed by atoms with Gasteiger partial charge in [0.1, 0.15) is 0 Å². The van der Waals surface area contributed by atoms with Gasteiger partial charge in [0.15, 0.2) is 0 Å². The van der Waals surface area contributed by atoms with Gasteiger partial charge in [0, 0.05) is 0 Å². The van der Waals surface area contributed by atoms with Crippen LogP contribution in [0.3, 0.4) is 0 Å². The summed E-state index contributed by atoms with van der Waals surface area (Å²) in [4.78, 5) is 11.9. The second-order valence-electron chi connectivity index (χ2n) is 5.36. The molecule has 0 rings (SSSR count). The second-order valence-corrected chi connectivity index (χ2v) is 17.0. The van der Waals surface area contributed by atoms with Crippen LogP contribution in [0.2, 0.25) is 13.3 Å². The van der Waals surface area contributed by atoms with Crippen LogP contribution in [0.25, 0.3) is 0 Å². The van der Waals surface area contributed by atoms with Crippen LogP contribution in [0.1, 0.15) is 72.6 Å². The van der Waals surface area contributed by atoms with E-state index in [-0.39, 0.29) is 5.97 Å². The van der Waals surface area contributed by atoms with Crippen molar-refractivity contribution in [2.24, 2.45) is 0 Å². The van der Waals surface area contributed by atoms with E-state index in [9.17, 15) is 4.79 Å². The van der Waals surface area contributed by atoms with E-state index in [1.807, 2.05) is 0 Å². The molecule has 18 heavy (non-hydrogen) atoms. The number of unbranched alkanes of at least 4 members (excludes halogenated alkanes) is 2. The summed E-state index contributed by atoms with van der Waals surface area (Å²) in [7, 11) is 0. The van der Waals surface area contributed by atoms with E-state index in [0.29, 0.717) is 6.42 Å². The van der Waals surface area contributed by atoms with Crippen LogP contribution in [0.15, 0.2) is 0 Å². The quantitative estimate of drug-likeness (QED) is 0.467. The van der Waals surface area contributed by atoms with Gasteiger partial charge in [-0.2, -0.15) is 0 Å². The van der Waals surface area contributed by atoms with E-state index < -0.39 is 18.8 Å². The Bertz CT molecular complexity index is 209. The zero-order valence-electron chi connectivity index (χ0n) is 12.9. The fourth-order valence-electron chi connectivity index (χ4n) is 2.48. The monoisotopic (exact) mass is 364 g/mol. The molecule has 0 saturated carbocycles. The fourth-order valence-corrected chi connectivity index (χ4v) is 15.5. The number of carbonyl (C=O) groups excluding carboxylic acids is 1. The average Bonchev–Trinajstić information content (AvgIpc) is 2.34. The van der Waals surface area contributed by atoms with Crippen molar-refractivity contribution in [1.29, 1.82) is 0 Å². The first-order valence-electron chi connectivity index (χ1n) is 7.86. The van der Waals surface area contributed by atoms with Crippen LogP contribution in [0.5, 0.6) is 0 Å². The maximum absolute atomic E-state index is 11.9. The van der Waals surface area contributed by atoms with Gasteiger partial charge in [-0.3, -0.25) is 0 Å². The molecule has 0 unspecified atom stereocenters. The minimum absolute atomic E-state index is 0.0916. The molecule has 0 aromatic rings. The van der Waals surface area contributed by atoms with Gasteiger partial charge in [-0.15, -0.1) is 0 Å². The van der Waals surface area contributed by atoms with E-state index >= 15 is 0 Å². The van der Waals surface area contributed by atoms with Crippen LogP contribution < -0.4 is 0 Å². The van der Waals surface area contributed by atoms with Gasteiger partial charge >= 0.3 is 119 Å². The molecule has 0 radical (unpaired) electrons. The van der Waals surface area contributed by atoms with Gasteiger partial charge < -0.3 is 0 Å². The molecule has 0 amide bonds. The van der Waals surface area contributed by atoms with Crippen molar-refractivity contribution in [2.45, 2.75) is 86.0 Å². The Labute approximate surface area is 118 Å². The van der Waals surface area contributed by atoms with E-state index in [4.69, 9.17) is 3.07 Å². The van der Waals surface area contributed by atoms with Crippen LogP contribution in [0, 0.1) is 0 Å². The summed E-state index contributed by atoms with van der Waals surface area (Å²) in [6, 6.07) is 0. The fraction of sp³-hybridized carbons (Fsp3) is 0.933. The third-order valence-corrected chi connectivity index (χ3v) is 16.6. The van der Waals surface area contributed by atoms with Crippen molar-refractivity contribution in [1.82, 2.24) is 0 Å². The van der Waals surface area contributed by atoms with Crippen molar-refractivity contribution in [3.8, 4) is 0 Å². The number of hydrogen-bond acceptors (Lipinski definition) is 2. The molecule has 0 fully saturated rings. The molecular weight excluding hydrogens is 331 g/mol. The molecule has 0 saturated heterocycles. The van der Waals surface area contributed by atoms with E-state index in [1.165, 1.54) is 45.4 Å². The molecule has 0 atom stereocenters. The number of carbonyl (C=O) groups is 1. The molecule has 108 valence electrons. The Morgan fingerprint density at radius 1 is 0.833 bits per heavy atom. The first-order valence-corrected chi connectivity index (χ1v) is 15.1. The average molecular weight is 363 g/mol. The molecular formula is C15H32O2Sn. The van der Waals surface area contributed by atoms with Crippen molar-refractivity contribution < 1.29 is 7.87 Å². The standard InChI is InChI=1S/C4H8O2.2C4H9.C3H7.Sn/c1-2-3-4(5)6;2*1-3-4-2;1-3-2;/h2-3H2,1H3,(H,5,6);2*1,3-4H2,2H3;1,3H2,2H3;/q;;;;+1/p-1. The minimum atomic E-state index is -2.61. The Balaban J connectivity index is 4.62. The molecule has 0 aliphatic heterocycles. The first kappa shape index (κ1) is 18.3. The Kier molecular flexibility index (Phi) is 11.3. The van der Waals surface area contributed by atoms with Crippen LogP contribution in [-0.2, 0) is 7.87 Å². The van der Waals surface area contributed by atoms with Crippen molar-refractivity contribution in [3.63, 3.8) is 0 Å². The molecule has 2 nitrogen and oxygen atoms in total. The molecule has 0 bridgehead atoms. The summed E-state index contributed by atoms with van der Waals surface area (Å²) < 4.78 is 9.81. The van der Waals surface area contributed by atoms with Crippen LogP contribution >= 0.6 is 0 Å². The first-order chi connectivity index (χ1) is 8.64. The second kappa shape index (κ2) is 11.1. The van der Waals surface area contributed by atoms with Crippen molar-refractivity contribution in [2.75, 3.05) is 0 Å². The van der Waals surface area contributed by atoms with E-state index in [0.717, 1.165) is 6.42 Å².